The summed E-state index contributed by atoms with van der Waals surface area (Å²) >= 11 is 8.93. The second kappa shape index (κ2) is 6.04. The normalized spacial score (nSPS) is 9.90. The van der Waals surface area contributed by atoms with E-state index in [4.69, 9.17) is 16.9 Å². The zero-order valence-corrected chi connectivity index (χ0v) is 12.3. The quantitative estimate of drug-likeness (QED) is 0.872. The van der Waals surface area contributed by atoms with E-state index in [9.17, 15) is 9.18 Å². The zero-order valence-electron chi connectivity index (χ0n) is 9.95. The van der Waals surface area contributed by atoms with Crippen LogP contribution in [0.5, 0.6) is 0 Å². The van der Waals surface area contributed by atoms with Gasteiger partial charge in [-0.3, -0.25) is 4.79 Å². The lowest BCUT2D eigenvalue weighted by molar-refractivity contribution is 0.102. The Bertz CT molecular complexity index is 728. The molecule has 0 saturated carbocycles. The van der Waals surface area contributed by atoms with E-state index in [1.54, 1.807) is 6.07 Å². The van der Waals surface area contributed by atoms with Crippen LogP contribution in [0, 0.1) is 17.1 Å². The summed E-state index contributed by atoms with van der Waals surface area (Å²) in [4.78, 5) is 12.0. The van der Waals surface area contributed by atoms with Gasteiger partial charge < -0.3 is 5.32 Å². The minimum Gasteiger partial charge on any atom is -0.321 e. The van der Waals surface area contributed by atoms with Crippen molar-refractivity contribution in [3.8, 4) is 6.07 Å². The number of nitrogens with one attached hydrogen (secondary N) is 1. The van der Waals surface area contributed by atoms with Gasteiger partial charge in [-0.1, -0.05) is 27.5 Å². The highest BCUT2D eigenvalue weighted by molar-refractivity contribution is 9.10. The van der Waals surface area contributed by atoms with Gasteiger partial charge in [-0.25, -0.2) is 4.39 Å². The van der Waals surface area contributed by atoms with Crippen molar-refractivity contribution in [1.82, 2.24) is 0 Å². The Kier molecular flexibility index (Phi) is 4.38. The highest BCUT2D eigenvalue weighted by Gasteiger charge is 2.14. The number of benzene rings is 2. The Balaban J connectivity index is 2.33. The topological polar surface area (TPSA) is 52.9 Å². The number of carbonyl (C=O) groups excluding carboxylic acids is 1. The zero-order chi connectivity index (χ0) is 14.7. The Morgan fingerprint density at radius 1 is 1.30 bits per heavy atom. The number of anilines is 1. The predicted molar refractivity (Wildman–Crippen MR) is 78.2 cm³/mol. The van der Waals surface area contributed by atoms with Gasteiger partial charge in [-0.15, -0.1) is 0 Å². The lowest BCUT2D eigenvalue weighted by Crippen LogP contribution is -2.14. The molecule has 0 unspecified atom stereocenters. The van der Waals surface area contributed by atoms with E-state index in [-0.39, 0.29) is 16.8 Å². The first kappa shape index (κ1) is 14.5. The molecule has 2 aromatic carbocycles. The standard InChI is InChI=1S/C14H7BrClFN2O/c15-9-2-4-11(12(17)5-9)14(20)19-13-6-10(16)3-1-8(13)7-18/h1-6H,(H,19,20). The fraction of sp³-hybridized carbons (Fsp3) is 0. The molecule has 0 aliphatic rings. The van der Waals surface area contributed by atoms with E-state index in [0.29, 0.717) is 9.50 Å². The molecule has 0 bridgehead atoms. The number of hydrogen-bond donors (Lipinski definition) is 1. The number of amides is 1. The van der Waals surface area contributed by atoms with Gasteiger partial charge in [-0.05, 0) is 36.4 Å². The maximum absolute atomic E-state index is 13.7. The molecule has 20 heavy (non-hydrogen) atoms. The van der Waals surface area contributed by atoms with Crippen molar-refractivity contribution >= 4 is 39.1 Å². The highest BCUT2D eigenvalue weighted by Crippen LogP contribution is 2.22. The maximum Gasteiger partial charge on any atom is 0.258 e. The molecule has 0 saturated heterocycles. The van der Waals surface area contributed by atoms with Crippen LogP contribution in [0.2, 0.25) is 5.02 Å². The summed E-state index contributed by atoms with van der Waals surface area (Å²) in [6.07, 6.45) is 0. The van der Waals surface area contributed by atoms with Gasteiger partial charge in [0.25, 0.3) is 5.91 Å². The van der Waals surface area contributed by atoms with Crippen LogP contribution in [0.1, 0.15) is 15.9 Å². The molecular formula is C14H7BrClFN2O. The molecular weight excluding hydrogens is 347 g/mol. The third kappa shape index (κ3) is 3.16. The summed E-state index contributed by atoms with van der Waals surface area (Å²) in [5, 5.41) is 11.8. The van der Waals surface area contributed by atoms with Crippen molar-refractivity contribution in [3.63, 3.8) is 0 Å². The summed E-state index contributed by atoms with van der Waals surface area (Å²) < 4.78 is 14.2. The molecule has 0 fully saturated rings. The molecule has 0 radical (unpaired) electrons. The molecule has 0 aromatic heterocycles. The van der Waals surface area contributed by atoms with Gasteiger partial charge in [0, 0.05) is 9.50 Å². The summed E-state index contributed by atoms with van der Waals surface area (Å²) in [7, 11) is 0. The van der Waals surface area contributed by atoms with Gasteiger partial charge in [-0.2, -0.15) is 5.26 Å². The van der Waals surface area contributed by atoms with Crippen LogP contribution < -0.4 is 5.32 Å². The molecule has 0 heterocycles. The van der Waals surface area contributed by atoms with E-state index in [0.717, 1.165) is 0 Å². The van der Waals surface area contributed by atoms with E-state index in [2.05, 4.69) is 21.2 Å². The molecule has 6 heteroatoms. The first-order chi connectivity index (χ1) is 9.51. The first-order valence-corrected chi connectivity index (χ1v) is 6.64. The lowest BCUT2D eigenvalue weighted by atomic mass is 10.1. The van der Waals surface area contributed by atoms with Crippen molar-refractivity contribution in [3.05, 3.63) is 62.8 Å². The summed E-state index contributed by atoms with van der Waals surface area (Å²) in [6.45, 7) is 0. The van der Waals surface area contributed by atoms with Crippen LogP contribution >= 0.6 is 27.5 Å². The highest BCUT2D eigenvalue weighted by atomic mass is 79.9. The van der Waals surface area contributed by atoms with E-state index in [1.807, 2.05) is 6.07 Å². The van der Waals surface area contributed by atoms with Gasteiger partial charge in [0.05, 0.1) is 16.8 Å². The van der Waals surface area contributed by atoms with Gasteiger partial charge in [0.15, 0.2) is 0 Å². The molecule has 0 spiro atoms. The second-order valence-electron chi connectivity index (χ2n) is 3.88. The number of rotatable bonds is 2. The second-order valence-corrected chi connectivity index (χ2v) is 5.23. The summed E-state index contributed by atoms with van der Waals surface area (Å²) in [6, 6.07) is 10.5. The molecule has 0 aliphatic heterocycles. The van der Waals surface area contributed by atoms with Crippen LogP contribution in [0.25, 0.3) is 0 Å². The fourth-order valence-electron chi connectivity index (χ4n) is 1.58. The number of nitriles is 1. The molecule has 0 aliphatic carbocycles. The average molecular weight is 354 g/mol. The van der Waals surface area contributed by atoms with Gasteiger partial charge in [0.2, 0.25) is 0 Å². The Hall–Kier alpha value is -1.90. The van der Waals surface area contributed by atoms with E-state index < -0.39 is 11.7 Å². The molecule has 2 rings (SSSR count). The minimum atomic E-state index is -0.655. The number of halogens is 3. The Labute approximate surface area is 128 Å². The van der Waals surface area contributed by atoms with Crippen molar-refractivity contribution in [1.29, 1.82) is 5.26 Å². The SMILES string of the molecule is N#Cc1ccc(Cl)cc1NC(=O)c1ccc(Br)cc1F. The van der Waals surface area contributed by atoms with Crippen LogP contribution in [0.3, 0.4) is 0 Å². The smallest absolute Gasteiger partial charge is 0.258 e. The number of hydrogen-bond acceptors (Lipinski definition) is 2. The Morgan fingerprint density at radius 3 is 2.70 bits per heavy atom. The van der Waals surface area contributed by atoms with Crippen molar-refractivity contribution in [2.75, 3.05) is 5.32 Å². The monoisotopic (exact) mass is 352 g/mol. The molecule has 1 amide bonds. The molecule has 1 N–H and O–H groups in total. The predicted octanol–water partition coefficient (Wildman–Crippen LogP) is 4.37. The van der Waals surface area contributed by atoms with Gasteiger partial charge >= 0.3 is 0 Å². The Morgan fingerprint density at radius 2 is 2.05 bits per heavy atom. The van der Waals surface area contributed by atoms with Crippen LogP contribution in [-0.2, 0) is 0 Å². The largest absolute Gasteiger partial charge is 0.321 e. The molecule has 100 valence electrons. The van der Waals surface area contributed by atoms with Crippen LogP contribution in [0.15, 0.2) is 40.9 Å². The fourth-order valence-corrected chi connectivity index (χ4v) is 2.09. The van der Waals surface area contributed by atoms with E-state index in [1.165, 1.54) is 30.3 Å². The van der Waals surface area contributed by atoms with Crippen molar-refractivity contribution < 1.29 is 9.18 Å². The summed E-state index contributed by atoms with van der Waals surface area (Å²) in [5.74, 6) is -1.30. The van der Waals surface area contributed by atoms with Crippen molar-refractivity contribution in [2.45, 2.75) is 0 Å². The average Bonchev–Trinajstić information content (AvgIpc) is 2.38. The number of nitrogens with zero attached hydrogens (tertiary/aromatic N) is 1. The number of carbonyl (C=O) groups is 1. The molecule has 3 nitrogen and oxygen atoms in total. The molecule has 2 aromatic rings. The van der Waals surface area contributed by atoms with Crippen molar-refractivity contribution in [2.24, 2.45) is 0 Å². The van der Waals surface area contributed by atoms with E-state index >= 15 is 0 Å². The summed E-state index contributed by atoms with van der Waals surface area (Å²) in [5.41, 5.74) is 0.379. The third-order valence-corrected chi connectivity index (χ3v) is 3.25. The minimum absolute atomic E-state index is 0.114. The van der Waals surface area contributed by atoms with Crippen LogP contribution in [0.4, 0.5) is 10.1 Å². The maximum atomic E-state index is 13.7. The third-order valence-electron chi connectivity index (χ3n) is 2.53. The van der Waals surface area contributed by atoms with Gasteiger partial charge in [0.1, 0.15) is 11.9 Å². The molecule has 0 atom stereocenters. The first-order valence-electron chi connectivity index (χ1n) is 5.47. The lowest BCUT2D eigenvalue weighted by Gasteiger charge is -2.08. The van der Waals surface area contributed by atoms with Crippen LogP contribution in [-0.4, -0.2) is 5.91 Å².